The Balaban J connectivity index is 1.39. The number of hydrogen-bond acceptors (Lipinski definition) is 3. The first-order chi connectivity index (χ1) is 16.1. The first-order valence-electron chi connectivity index (χ1n) is 12.6. The minimum Gasteiger partial charge on any atom is -0.298 e. The molecule has 0 amide bonds. The fraction of sp³-hybridized carbons (Fsp3) is 0.607. The van der Waals surface area contributed by atoms with E-state index in [1.807, 2.05) is 0 Å². The summed E-state index contributed by atoms with van der Waals surface area (Å²) in [4.78, 5) is 30.0. The monoisotopic (exact) mass is 471 g/mol. The molecular weight excluding hydrogens is 439 g/mol. The van der Waals surface area contributed by atoms with Crippen LogP contribution in [0.4, 0.5) is 13.2 Å². The minimum absolute atomic E-state index is 0.0742. The van der Waals surface area contributed by atoms with Crippen molar-refractivity contribution in [2.75, 3.05) is 0 Å². The molecule has 1 aromatic rings. The first kappa shape index (κ1) is 23.5. The van der Waals surface area contributed by atoms with Crippen molar-refractivity contribution in [1.29, 1.82) is 0 Å². The summed E-state index contributed by atoms with van der Waals surface area (Å²) >= 11 is 0. The van der Waals surface area contributed by atoms with Crippen LogP contribution in [-0.2, 0) is 11.2 Å². The van der Waals surface area contributed by atoms with Crippen LogP contribution in [0.1, 0.15) is 104 Å². The number of fused-ring (bicyclic) bond motifs is 1. The molecule has 1 atom stereocenters. The number of pyridine rings is 1. The lowest BCUT2D eigenvalue weighted by Gasteiger charge is -2.53. The van der Waals surface area contributed by atoms with Gasteiger partial charge in [0.25, 0.3) is 0 Å². The van der Waals surface area contributed by atoms with Gasteiger partial charge >= 0.3 is 6.18 Å². The number of nitrogens with zero attached hydrogens (tertiary/aromatic N) is 1. The Bertz CT molecular complexity index is 1070. The molecule has 3 nitrogen and oxygen atoms in total. The van der Waals surface area contributed by atoms with Crippen LogP contribution in [0.3, 0.4) is 0 Å². The number of rotatable bonds is 4. The highest BCUT2D eigenvalue weighted by atomic mass is 19.4. The van der Waals surface area contributed by atoms with Gasteiger partial charge in [-0.3, -0.25) is 14.6 Å². The first-order valence-corrected chi connectivity index (χ1v) is 12.6. The number of ketones is 1. The molecule has 1 aromatic heterocycles. The van der Waals surface area contributed by atoms with Crippen molar-refractivity contribution in [1.82, 2.24) is 4.98 Å². The minimum atomic E-state index is -4.38. The number of allylic oxidation sites excluding steroid dienone is 4. The number of halogens is 3. The van der Waals surface area contributed by atoms with Gasteiger partial charge in [0, 0.05) is 34.6 Å². The van der Waals surface area contributed by atoms with Crippen molar-refractivity contribution in [3.05, 3.63) is 51.9 Å². The zero-order chi connectivity index (χ0) is 24.3. The fourth-order valence-corrected chi connectivity index (χ4v) is 6.90. The summed E-state index contributed by atoms with van der Waals surface area (Å²) in [6, 6.07) is 2.16. The zero-order valence-electron chi connectivity index (χ0n) is 19.9. The number of Topliss-reactive ketones (excluding diaryl/α,β-unsaturated/α-hetero) is 1. The zero-order valence-corrected chi connectivity index (χ0v) is 19.9. The lowest BCUT2D eigenvalue weighted by atomic mass is 9.51. The van der Waals surface area contributed by atoms with Crippen LogP contribution in [0.15, 0.2) is 29.4 Å². The van der Waals surface area contributed by atoms with Gasteiger partial charge in [-0.25, -0.2) is 0 Å². The molecule has 5 rings (SSSR count). The second-order valence-electron chi connectivity index (χ2n) is 11.2. The lowest BCUT2D eigenvalue weighted by Crippen LogP contribution is -2.46. The van der Waals surface area contributed by atoms with E-state index >= 15 is 0 Å². The molecule has 2 saturated carbocycles. The average Bonchev–Trinajstić information content (AvgIpc) is 3.30. The van der Waals surface area contributed by atoms with Crippen molar-refractivity contribution < 1.29 is 22.8 Å². The van der Waals surface area contributed by atoms with Crippen molar-refractivity contribution in [3.63, 3.8) is 0 Å². The van der Waals surface area contributed by atoms with E-state index in [1.54, 1.807) is 0 Å². The summed E-state index contributed by atoms with van der Waals surface area (Å²) in [5, 5.41) is 0. The Hall–Kier alpha value is -2.24. The lowest BCUT2D eigenvalue weighted by molar-refractivity contribution is -0.111. The molecule has 0 bridgehead atoms. The fourth-order valence-electron chi connectivity index (χ4n) is 6.90. The van der Waals surface area contributed by atoms with E-state index in [1.165, 1.54) is 18.9 Å². The molecule has 0 N–H and O–H groups in total. The Labute approximate surface area is 198 Å². The van der Waals surface area contributed by atoms with E-state index in [0.29, 0.717) is 43.5 Å². The number of aromatic nitrogens is 1. The van der Waals surface area contributed by atoms with E-state index in [4.69, 9.17) is 4.98 Å². The van der Waals surface area contributed by atoms with Gasteiger partial charge in [-0.2, -0.15) is 13.2 Å². The van der Waals surface area contributed by atoms with E-state index in [9.17, 15) is 22.8 Å². The number of hydrogen-bond donors (Lipinski definition) is 0. The Kier molecular flexibility index (Phi) is 5.84. The van der Waals surface area contributed by atoms with Gasteiger partial charge in [-0.1, -0.05) is 38.8 Å². The van der Waals surface area contributed by atoms with Crippen LogP contribution in [0.2, 0.25) is 0 Å². The molecule has 2 fully saturated rings. The molecule has 34 heavy (non-hydrogen) atoms. The number of carbonyl (C=O) groups is 2. The van der Waals surface area contributed by atoms with E-state index < -0.39 is 17.2 Å². The summed E-state index contributed by atoms with van der Waals surface area (Å²) in [5.41, 5.74) is 3.04. The van der Waals surface area contributed by atoms with Crippen molar-refractivity contribution in [3.8, 4) is 0 Å². The highest BCUT2D eigenvalue weighted by Gasteiger charge is 2.54. The van der Waals surface area contributed by atoms with Gasteiger partial charge in [-0.05, 0) is 73.5 Å². The Morgan fingerprint density at radius 1 is 1.09 bits per heavy atom. The molecule has 1 unspecified atom stereocenters. The summed E-state index contributed by atoms with van der Waals surface area (Å²) < 4.78 is 40.1. The molecule has 6 heteroatoms. The van der Waals surface area contributed by atoms with Crippen LogP contribution in [0, 0.1) is 17.3 Å². The molecule has 4 aliphatic rings. The van der Waals surface area contributed by atoms with Gasteiger partial charge < -0.3 is 0 Å². The Morgan fingerprint density at radius 2 is 1.79 bits per heavy atom. The maximum atomic E-state index is 13.4. The predicted molar refractivity (Wildman–Crippen MR) is 124 cm³/mol. The molecule has 0 saturated heterocycles. The normalized spacial score (nSPS) is 29.6. The number of aldehydes is 1. The molecule has 4 aliphatic carbocycles. The summed E-state index contributed by atoms with van der Waals surface area (Å²) in [6.45, 7) is 4.23. The summed E-state index contributed by atoms with van der Waals surface area (Å²) in [6.07, 6.45) is 5.47. The average molecular weight is 472 g/mol. The highest BCUT2D eigenvalue weighted by Crippen LogP contribution is 2.60. The molecule has 182 valence electrons. The van der Waals surface area contributed by atoms with Crippen LogP contribution in [-0.4, -0.2) is 23.2 Å². The van der Waals surface area contributed by atoms with Gasteiger partial charge in [-0.15, -0.1) is 0 Å². The van der Waals surface area contributed by atoms with E-state index in [2.05, 4.69) is 19.9 Å². The van der Waals surface area contributed by atoms with Gasteiger partial charge in [0.1, 0.15) is 6.29 Å². The van der Waals surface area contributed by atoms with Crippen LogP contribution in [0.5, 0.6) is 0 Å². The molecule has 0 aliphatic heterocycles. The predicted octanol–water partition coefficient (Wildman–Crippen LogP) is 7.02. The topological polar surface area (TPSA) is 47.0 Å². The third-order valence-corrected chi connectivity index (χ3v) is 8.79. The van der Waals surface area contributed by atoms with Crippen LogP contribution in [0.25, 0.3) is 0 Å². The smallest absolute Gasteiger partial charge is 0.298 e. The van der Waals surface area contributed by atoms with E-state index in [-0.39, 0.29) is 30.0 Å². The number of alkyl halides is 3. The molecule has 0 radical (unpaired) electrons. The third-order valence-electron chi connectivity index (χ3n) is 8.79. The van der Waals surface area contributed by atoms with Gasteiger partial charge in [0.15, 0.2) is 5.78 Å². The molecule has 0 aromatic carbocycles. The van der Waals surface area contributed by atoms with Crippen LogP contribution < -0.4 is 0 Å². The van der Waals surface area contributed by atoms with Gasteiger partial charge in [0.05, 0.1) is 5.69 Å². The standard InChI is InChI=1S/C28H32F3NO2/c1-16(2)22-11-23(17-5-3-4-6-17)32-24-9-18(10-25(34)26(22)24)19-12-27(13-19)14-20(28(29,30)31)7-8-21(27)15-33/h7-8,11,15-19H,3-6,9-10,12-14H2,1-2H3. The van der Waals surface area contributed by atoms with E-state index in [0.717, 1.165) is 41.4 Å². The summed E-state index contributed by atoms with van der Waals surface area (Å²) in [5.74, 6) is 1.02. The quantitative estimate of drug-likeness (QED) is 0.443. The number of carbonyl (C=O) groups excluding carboxylic acids is 2. The molecule has 1 heterocycles. The SMILES string of the molecule is CC(C)c1cc(C2CCCC2)nc2c1C(=O)CC(C1CC3(CC(C(F)(F)F)=CC=C3C=O)C1)C2. The van der Waals surface area contributed by atoms with Crippen molar-refractivity contribution in [2.45, 2.75) is 89.6 Å². The Morgan fingerprint density at radius 3 is 2.41 bits per heavy atom. The van der Waals surface area contributed by atoms with Gasteiger partial charge in [0.2, 0.25) is 0 Å². The van der Waals surface area contributed by atoms with Crippen LogP contribution >= 0.6 is 0 Å². The summed E-state index contributed by atoms with van der Waals surface area (Å²) in [7, 11) is 0. The second kappa shape index (κ2) is 8.46. The maximum absolute atomic E-state index is 13.4. The van der Waals surface area contributed by atoms with Crippen molar-refractivity contribution >= 4 is 12.1 Å². The second-order valence-corrected chi connectivity index (χ2v) is 11.2. The molecular formula is C28H32F3NO2. The third kappa shape index (κ3) is 3.97. The largest absolute Gasteiger partial charge is 0.412 e. The maximum Gasteiger partial charge on any atom is 0.412 e. The highest BCUT2D eigenvalue weighted by molar-refractivity contribution is 6.00. The molecule has 1 spiro atoms. The van der Waals surface area contributed by atoms with Crippen molar-refractivity contribution in [2.24, 2.45) is 17.3 Å².